The molecule has 3 unspecified atom stereocenters. The van der Waals surface area contributed by atoms with Gasteiger partial charge in [-0.1, -0.05) is 61.7 Å². The maximum absolute atomic E-state index is 15.3. The average molecular weight is 607 g/mol. The van der Waals surface area contributed by atoms with Gasteiger partial charge in [0.1, 0.15) is 6.04 Å². The Bertz CT molecular complexity index is 1300. The molecule has 44 heavy (non-hydrogen) atoms. The molecule has 1 saturated carbocycles. The molecular weight excluding hydrogens is 562 g/mol. The number of likely N-dealkylation sites (tertiary alicyclic amines) is 2. The Balaban J connectivity index is 1.24. The number of halogens is 2. The lowest BCUT2D eigenvalue weighted by atomic mass is 9.83. The number of amides is 1. The zero-order valence-corrected chi connectivity index (χ0v) is 25.6. The van der Waals surface area contributed by atoms with E-state index < -0.39 is 29.4 Å². The maximum atomic E-state index is 15.3. The quantitative estimate of drug-likeness (QED) is 0.373. The molecule has 5 rings (SSSR count). The van der Waals surface area contributed by atoms with E-state index in [9.17, 15) is 14.7 Å². The summed E-state index contributed by atoms with van der Waals surface area (Å²) < 4.78 is 30.6. The molecule has 1 amide bonds. The van der Waals surface area contributed by atoms with Crippen LogP contribution in [0.2, 0.25) is 0 Å². The normalized spacial score (nSPS) is 23.2. The van der Waals surface area contributed by atoms with Gasteiger partial charge in [-0.2, -0.15) is 14.0 Å². The van der Waals surface area contributed by atoms with Crippen LogP contribution >= 0.6 is 0 Å². The molecule has 2 aromatic carbocycles. The predicted octanol–water partition coefficient (Wildman–Crippen LogP) is 5.71. The number of carbonyl (C=O) groups excluding carboxylic acids is 1. The molecule has 2 aliphatic heterocycles. The van der Waals surface area contributed by atoms with E-state index in [1.807, 2.05) is 24.3 Å². The third-order valence-electron chi connectivity index (χ3n) is 10.2. The zero-order valence-electron chi connectivity index (χ0n) is 25.6. The Morgan fingerprint density at radius 2 is 1.66 bits per heavy atom. The van der Waals surface area contributed by atoms with Crippen LogP contribution in [0.4, 0.5) is 8.78 Å². The SMILES string of the molecule is CCN(C(=O)C(F)(F)c1ccc(C#N)cc1)C1CCN(CC2CN(C(C(=O)O)C3CCCCC3)CC2c2ccccc2)CC1. The van der Waals surface area contributed by atoms with Gasteiger partial charge in [0.2, 0.25) is 0 Å². The molecule has 2 heterocycles. The Kier molecular flexibility index (Phi) is 10.3. The van der Waals surface area contributed by atoms with Gasteiger partial charge in [0, 0.05) is 56.8 Å². The first-order valence-corrected chi connectivity index (χ1v) is 16.2. The summed E-state index contributed by atoms with van der Waals surface area (Å²) in [5.74, 6) is -4.92. The van der Waals surface area contributed by atoms with E-state index in [-0.39, 0.29) is 35.9 Å². The van der Waals surface area contributed by atoms with E-state index in [2.05, 4.69) is 21.9 Å². The van der Waals surface area contributed by atoms with Crippen molar-refractivity contribution < 1.29 is 23.5 Å². The number of piperidine rings is 1. The molecule has 3 atom stereocenters. The Labute approximate surface area is 259 Å². The second-order valence-electron chi connectivity index (χ2n) is 12.8. The van der Waals surface area contributed by atoms with Crippen LogP contribution in [0.25, 0.3) is 0 Å². The monoisotopic (exact) mass is 606 g/mol. The molecule has 3 aliphatic rings. The van der Waals surface area contributed by atoms with Crippen molar-refractivity contribution in [2.45, 2.75) is 75.8 Å². The molecule has 0 bridgehead atoms. The number of hydrogen-bond donors (Lipinski definition) is 1. The molecule has 7 nitrogen and oxygen atoms in total. The first-order valence-electron chi connectivity index (χ1n) is 16.2. The van der Waals surface area contributed by atoms with E-state index in [0.717, 1.165) is 57.5 Å². The van der Waals surface area contributed by atoms with Crippen molar-refractivity contribution in [2.75, 3.05) is 39.3 Å². The number of rotatable bonds is 10. The largest absolute Gasteiger partial charge is 0.480 e. The van der Waals surface area contributed by atoms with Crippen LogP contribution in [0.3, 0.4) is 0 Å². The van der Waals surface area contributed by atoms with Crippen molar-refractivity contribution in [2.24, 2.45) is 11.8 Å². The summed E-state index contributed by atoms with van der Waals surface area (Å²) in [6, 6.07) is 16.5. The number of benzene rings is 2. The molecule has 0 spiro atoms. The van der Waals surface area contributed by atoms with Crippen molar-refractivity contribution in [1.29, 1.82) is 5.26 Å². The highest BCUT2D eigenvalue weighted by atomic mass is 19.3. The van der Waals surface area contributed by atoms with Crippen molar-refractivity contribution in [1.82, 2.24) is 14.7 Å². The van der Waals surface area contributed by atoms with E-state index >= 15 is 8.78 Å². The fourth-order valence-electron chi connectivity index (χ4n) is 7.87. The van der Waals surface area contributed by atoms with Crippen LogP contribution in [0.15, 0.2) is 54.6 Å². The molecule has 1 aliphatic carbocycles. The van der Waals surface area contributed by atoms with Gasteiger partial charge in [-0.25, -0.2) is 0 Å². The Morgan fingerprint density at radius 1 is 1.00 bits per heavy atom. The lowest BCUT2D eigenvalue weighted by molar-refractivity contribution is -0.162. The smallest absolute Gasteiger partial charge is 0.349 e. The van der Waals surface area contributed by atoms with E-state index in [1.54, 1.807) is 6.92 Å². The number of nitriles is 1. The van der Waals surface area contributed by atoms with Crippen molar-refractivity contribution in [3.05, 3.63) is 71.3 Å². The van der Waals surface area contributed by atoms with Gasteiger partial charge < -0.3 is 14.9 Å². The minimum absolute atomic E-state index is 0.187. The molecule has 2 saturated heterocycles. The van der Waals surface area contributed by atoms with E-state index in [4.69, 9.17) is 5.26 Å². The molecule has 0 aromatic heterocycles. The summed E-state index contributed by atoms with van der Waals surface area (Å²) >= 11 is 0. The first kappa shape index (κ1) is 32.1. The second-order valence-corrected chi connectivity index (χ2v) is 12.8. The number of nitrogens with zero attached hydrogens (tertiary/aromatic N) is 4. The highest BCUT2D eigenvalue weighted by molar-refractivity contribution is 5.85. The van der Waals surface area contributed by atoms with Crippen molar-refractivity contribution in [3.8, 4) is 6.07 Å². The lowest BCUT2D eigenvalue weighted by Crippen LogP contribution is -2.52. The third-order valence-corrected chi connectivity index (χ3v) is 10.2. The topological polar surface area (TPSA) is 87.9 Å². The minimum atomic E-state index is -3.67. The van der Waals surface area contributed by atoms with E-state index in [1.165, 1.54) is 29.0 Å². The molecular formula is C35H44F2N4O3. The van der Waals surface area contributed by atoms with Gasteiger partial charge in [-0.15, -0.1) is 0 Å². The van der Waals surface area contributed by atoms with Gasteiger partial charge in [0.05, 0.1) is 11.6 Å². The Hall–Kier alpha value is -3.35. The number of carboxylic acid groups (broad SMARTS) is 1. The summed E-state index contributed by atoms with van der Waals surface area (Å²) in [7, 11) is 0. The van der Waals surface area contributed by atoms with Gasteiger partial charge in [0.25, 0.3) is 5.91 Å². The summed E-state index contributed by atoms with van der Waals surface area (Å²) in [5, 5.41) is 19.3. The van der Waals surface area contributed by atoms with Gasteiger partial charge in [-0.05, 0) is 62.1 Å². The molecule has 9 heteroatoms. The summed E-state index contributed by atoms with van der Waals surface area (Å²) in [6.45, 7) is 5.58. The number of alkyl halides is 2. The fraction of sp³-hybridized carbons (Fsp3) is 0.571. The molecule has 3 fully saturated rings. The van der Waals surface area contributed by atoms with Gasteiger partial charge in [-0.3, -0.25) is 14.5 Å². The predicted molar refractivity (Wildman–Crippen MR) is 164 cm³/mol. The number of carboxylic acids is 1. The fourth-order valence-corrected chi connectivity index (χ4v) is 7.87. The summed E-state index contributed by atoms with van der Waals surface area (Å²) in [6.07, 6.45) is 6.53. The second kappa shape index (κ2) is 14.2. The summed E-state index contributed by atoms with van der Waals surface area (Å²) in [5.41, 5.74) is 1.10. The zero-order chi connectivity index (χ0) is 31.3. The van der Waals surface area contributed by atoms with Crippen LogP contribution in [-0.4, -0.2) is 83.0 Å². The molecule has 1 N–H and O–H groups in total. The average Bonchev–Trinajstić information content (AvgIpc) is 3.45. The minimum Gasteiger partial charge on any atom is -0.480 e. The standard InChI is InChI=1S/C35H44F2N4O3/c1-2-41(34(44)35(36,37)29-15-13-25(21-38)14-16-29)30-17-19-39(20-18-30)22-28-23-40(24-31(28)26-9-5-3-6-10-26)32(33(42)43)27-11-7-4-8-12-27/h3,5-6,9-10,13-16,27-28,30-32H,2,4,7-8,11-12,17-20,22-24H2,1H3,(H,42,43). The highest BCUT2D eigenvalue weighted by Crippen LogP contribution is 2.39. The van der Waals surface area contributed by atoms with Crippen LogP contribution in [0.1, 0.15) is 74.5 Å². The van der Waals surface area contributed by atoms with Crippen molar-refractivity contribution >= 4 is 11.9 Å². The lowest BCUT2D eigenvalue weighted by Gasteiger charge is -2.40. The molecule has 0 radical (unpaired) electrons. The number of aliphatic carboxylic acids is 1. The van der Waals surface area contributed by atoms with Crippen molar-refractivity contribution in [3.63, 3.8) is 0 Å². The van der Waals surface area contributed by atoms with Gasteiger partial charge in [0.15, 0.2) is 0 Å². The first-order chi connectivity index (χ1) is 21.2. The van der Waals surface area contributed by atoms with Gasteiger partial charge >= 0.3 is 11.9 Å². The Morgan fingerprint density at radius 3 is 2.25 bits per heavy atom. The third kappa shape index (κ3) is 6.97. The number of likely N-dealkylation sites (N-methyl/N-ethyl adjacent to an activating group) is 1. The summed E-state index contributed by atoms with van der Waals surface area (Å²) in [4.78, 5) is 31.6. The van der Waals surface area contributed by atoms with Crippen LogP contribution in [-0.2, 0) is 15.5 Å². The molecule has 2 aromatic rings. The van der Waals surface area contributed by atoms with Crippen LogP contribution in [0, 0.1) is 23.2 Å². The van der Waals surface area contributed by atoms with Crippen LogP contribution < -0.4 is 0 Å². The molecule has 236 valence electrons. The maximum Gasteiger partial charge on any atom is 0.349 e. The number of carbonyl (C=O) groups is 2. The highest BCUT2D eigenvalue weighted by Gasteiger charge is 2.46. The van der Waals surface area contributed by atoms with Crippen LogP contribution in [0.5, 0.6) is 0 Å². The number of hydrogen-bond acceptors (Lipinski definition) is 5. The van der Waals surface area contributed by atoms with E-state index in [0.29, 0.717) is 25.9 Å².